The Hall–Kier alpha value is -0.580. The molecule has 1 atom stereocenters. The standard InChI is InChI=1S/C14H10Br2ClFO/c1-19-13-7-12(18)11(16)6-10(13)14(17)8-2-4-9(15)5-3-8/h2-7,14H,1H3. The van der Waals surface area contributed by atoms with Crippen LogP contribution in [-0.2, 0) is 0 Å². The number of methoxy groups -OCH3 is 1. The molecule has 19 heavy (non-hydrogen) atoms. The van der Waals surface area contributed by atoms with E-state index in [1.165, 1.54) is 13.2 Å². The van der Waals surface area contributed by atoms with Crippen molar-refractivity contribution in [3.8, 4) is 5.75 Å². The molecular weight excluding hydrogens is 398 g/mol. The van der Waals surface area contributed by atoms with Crippen molar-refractivity contribution in [3.63, 3.8) is 0 Å². The SMILES string of the molecule is COc1cc(F)c(Br)cc1C(Cl)c1ccc(Br)cc1. The van der Waals surface area contributed by atoms with E-state index in [-0.39, 0.29) is 5.82 Å². The van der Waals surface area contributed by atoms with Crippen LogP contribution in [0, 0.1) is 5.82 Å². The Morgan fingerprint density at radius 1 is 1.16 bits per heavy atom. The Morgan fingerprint density at radius 3 is 2.37 bits per heavy atom. The topological polar surface area (TPSA) is 9.23 Å². The van der Waals surface area contributed by atoms with Crippen LogP contribution in [0.3, 0.4) is 0 Å². The van der Waals surface area contributed by atoms with Gasteiger partial charge in [0.05, 0.1) is 17.0 Å². The van der Waals surface area contributed by atoms with Crippen LogP contribution < -0.4 is 4.74 Å². The van der Waals surface area contributed by atoms with E-state index < -0.39 is 5.38 Å². The van der Waals surface area contributed by atoms with E-state index in [2.05, 4.69) is 31.9 Å². The lowest BCUT2D eigenvalue weighted by Crippen LogP contribution is -1.99. The van der Waals surface area contributed by atoms with Gasteiger partial charge in [-0.3, -0.25) is 0 Å². The van der Waals surface area contributed by atoms with E-state index in [1.54, 1.807) is 6.07 Å². The molecule has 0 heterocycles. The summed E-state index contributed by atoms with van der Waals surface area (Å²) in [5.41, 5.74) is 1.64. The summed E-state index contributed by atoms with van der Waals surface area (Å²) in [6.45, 7) is 0. The lowest BCUT2D eigenvalue weighted by molar-refractivity contribution is 0.406. The van der Waals surface area contributed by atoms with Crippen molar-refractivity contribution in [2.75, 3.05) is 7.11 Å². The van der Waals surface area contributed by atoms with Gasteiger partial charge in [-0.25, -0.2) is 4.39 Å². The minimum absolute atomic E-state index is 0.367. The molecule has 0 fully saturated rings. The quantitative estimate of drug-likeness (QED) is 0.593. The van der Waals surface area contributed by atoms with Gasteiger partial charge < -0.3 is 4.74 Å². The van der Waals surface area contributed by atoms with Crippen LogP contribution in [0.4, 0.5) is 4.39 Å². The number of benzene rings is 2. The van der Waals surface area contributed by atoms with Crippen molar-refractivity contribution in [1.29, 1.82) is 0 Å². The predicted molar refractivity (Wildman–Crippen MR) is 82.5 cm³/mol. The van der Waals surface area contributed by atoms with Gasteiger partial charge >= 0.3 is 0 Å². The molecule has 2 rings (SSSR count). The number of alkyl halides is 1. The van der Waals surface area contributed by atoms with Crippen molar-refractivity contribution in [3.05, 3.63) is 62.3 Å². The summed E-state index contributed by atoms with van der Waals surface area (Å²) in [5.74, 6) is 0.0592. The first-order valence-electron chi connectivity index (χ1n) is 5.45. The average molecular weight is 408 g/mol. The van der Waals surface area contributed by atoms with Gasteiger partial charge in [-0.1, -0.05) is 28.1 Å². The highest BCUT2D eigenvalue weighted by Gasteiger charge is 2.18. The second kappa shape index (κ2) is 6.25. The maximum Gasteiger partial charge on any atom is 0.141 e. The molecule has 0 aromatic heterocycles. The van der Waals surface area contributed by atoms with Crippen molar-refractivity contribution >= 4 is 43.5 Å². The Bertz CT molecular complexity index is 587. The summed E-state index contributed by atoms with van der Waals surface area (Å²) in [4.78, 5) is 0. The third-order valence-electron chi connectivity index (χ3n) is 2.71. The Labute approximate surface area is 133 Å². The van der Waals surface area contributed by atoms with E-state index in [1.807, 2.05) is 24.3 Å². The second-order valence-corrected chi connectivity index (χ2v) is 6.13. The molecule has 1 unspecified atom stereocenters. The van der Waals surface area contributed by atoms with Crippen LogP contribution in [0.1, 0.15) is 16.5 Å². The molecule has 0 spiro atoms. The first-order valence-corrected chi connectivity index (χ1v) is 7.47. The fraction of sp³-hybridized carbons (Fsp3) is 0.143. The molecule has 2 aromatic rings. The van der Waals surface area contributed by atoms with Gasteiger partial charge in [0, 0.05) is 16.1 Å². The molecule has 5 heteroatoms. The minimum Gasteiger partial charge on any atom is -0.496 e. The highest BCUT2D eigenvalue weighted by molar-refractivity contribution is 9.10. The molecule has 2 aromatic carbocycles. The molecule has 0 aliphatic heterocycles. The Balaban J connectivity index is 2.45. The molecule has 100 valence electrons. The van der Waals surface area contributed by atoms with Crippen LogP contribution in [0.25, 0.3) is 0 Å². The van der Waals surface area contributed by atoms with Crippen LogP contribution in [0.2, 0.25) is 0 Å². The van der Waals surface area contributed by atoms with E-state index in [0.29, 0.717) is 10.2 Å². The van der Waals surface area contributed by atoms with Gasteiger partial charge in [-0.2, -0.15) is 0 Å². The Kier molecular flexibility index (Phi) is 4.87. The van der Waals surface area contributed by atoms with E-state index in [9.17, 15) is 4.39 Å². The molecule has 0 saturated heterocycles. The zero-order valence-corrected chi connectivity index (χ0v) is 13.9. The lowest BCUT2D eigenvalue weighted by atomic mass is 10.0. The molecule has 0 saturated carbocycles. The van der Waals surface area contributed by atoms with Gasteiger partial charge in [-0.05, 0) is 39.7 Å². The molecule has 0 bridgehead atoms. The van der Waals surface area contributed by atoms with E-state index in [0.717, 1.165) is 15.6 Å². The summed E-state index contributed by atoms with van der Waals surface area (Å²) >= 11 is 13.0. The lowest BCUT2D eigenvalue weighted by Gasteiger charge is -2.15. The highest BCUT2D eigenvalue weighted by Crippen LogP contribution is 2.38. The molecular formula is C14H10Br2ClFO. The molecule has 0 N–H and O–H groups in total. The minimum atomic E-state index is -0.403. The van der Waals surface area contributed by atoms with Crippen molar-refractivity contribution in [2.24, 2.45) is 0 Å². The fourth-order valence-electron chi connectivity index (χ4n) is 1.73. The van der Waals surface area contributed by atoms with Crippen LogP contribution >= 0.6 is 43.5 Å². The first-order chi connectivity index (χ1) is 9.02. The summed E-state index contributed by atoms with van der Waals surface area (Å²) in [5, 5.41) is -0.403. The molecule has 0 aliphatic carbocycles. The zero-order valence-electron chi connectivity index (χ0n) is 9.96. The van der Waals surface area contributed by atoms with Gasteiger partial charge in [0.2, 0.25) is 0 Å². The van der Waals surface area contributed by atoms with Crippen LogP contribution in [-0.4, -0.2) is 7.11 Å². The van der Waals surface area contributed by atoms with Gasteiger partial charge in [0.15, 0.2) is 0 Å². The number of hydrogen-bond donors (Lipinski definition) is 0. The highest BCUT2D eigenvalue weighted by atomic mass is 79.9. The van der Waals surface area contributed by atoms with Crippen LogP contribution in [0.5, 0.6) is 5.75 Å². The monoisotopic (exact) mass is 406 g/mol. The van der Waals surface area contributed by atoms with Gasteiger partial charge in [-0.15, -0.1) is 11.6 Å². The van der Waals surface area contributed by atoms with E-state index >= 15 is 0 Å². The normalized spacial score (nSPS) is 12.3. The molecule has 1 nitrogen and oxygen atoms in total. The summed E-state index contributed by atoms with van der Waals surface area (Å²) in [6.07, 6.45) is 0. The van der Waals surface area contributed by atoms with Gasteiger partial charge in [0.1, 0.15) is 11.6 Å². The predicted octanol–water partition coefficient (Wildman–Crippen LogP) is 5.69. The Morgan fingerprint density at radius 2 is 1.79 bits per heavy atom. The average Bonchev–Trinajstić information content (AvgIpc) is 2.41. The van der Waals surface area contributed by atoms with Gasteiger partial charge in [0.25, 0.3) is 0 Å². The third kappa shape index (κ3) is 3.30. The maximum absolute atomic E-state index is 13.5. The molecule has 0 radical (unpaired) electrons. The smallest absolute Gasteiger partial charge is 0.141 e. The van der Waals surface area contributed by atoms with Crippen molar-refractivity contribution in [2.45, 2.75) is 5.38 Å². The first kappa shape index (κ1) is 14.8. The second-order valence-electron chi connectivity index (χ2n) is 3.92. The van der Waals surface area contributed by atoms with Crippen molar-refractivity contribution < 1.29 is 9.13 Å². The maximum atomic E-state index is 13.5. The third-order valence-corrected chi connectivity index (χ3v) is 4.33. The molecule has 0 aliphatic rings. The fourth-order valence-corrected chi connectivity index (χ4v) is 2.67. The number of hydrogen-bond acceptors (Lipinski definition) is 1. The zero-order chi connectivity index (χ0) is 14.0. The molecule has 0 amide bonds. The number of ether oxygens (including phenoxy) is 1. The van der Waals surface area contributed by atoms with Crippen LogP contribution in [0.15, 0.2) is 45.3 Å². The number of rotatable bonds is 3. The summed E-state index contributed by atoms with van der Waals surface area (Å²) in [6, 6.07) is 10.6. The summed E-state index contributed by atoms with van der Waals surface area (Å²) < 4.78 is 20.0. The number of halogens is 4. The summed E-state index contributed by atoms with van der Waals surface area (Å²) in [7, 11) is 1.50. The van der Waals surface area contributed by atoms with Crippen molar-refractivity contribution in [1.82, 2.24) is 0 Å². The largest absolute Gasteiger partial charge is 0.496 e. The van der Waals surface area contributed by atoms with E-state index in [4.69, 9.17) is 16.3 Å².